The summed E-state index contributed by atoms with van der Waals surface area (Å²) < 4.78 is 4.81. The average molecular weight is 344 g/mol. The lowest BCUT2D eigenvalue weighted by molar-refractivity contribution is 0.0956. The summed E-state index contributed by atoms with van der Waals surface area (Å²) >= 11 is 1.69. The standard InChI is InChI=1S/C18H20N2O3S/c1-2-23-18(22)20-15-8-6-7-14(13-15)17(21)19-11-12-24-16-9-4-3-5-10-16/h3-10,13H,2,11-12H2,1H3,(H,19,21)(H,20,22). The van der Waals surface area contributed by atoms with E-state index in [9.17, 15) is 9.59 Å². The first kappa shape index (κ1) is 17.9. The number of amides is 2. The van der Waals surface area contributed by atoms with Crippen LogP contribution in [0.1, 0.15) is 17.3 Å². The molecule has 0 saturated heterocycles. The lowest BCUT2D eigenvalue weighted by atomic mass is 10.2. The van der Waals surface area contributed by atoms with E-state index in [4.69, 9.17) is 4.74 Å². The lowest BCUT2D eigenvalue weighted by Gasteiger charge is -2.08. The molecule has 0 bridgehead atoms. The van der Waals surface area contributed by atoms with Gasteiger partial charge in [0.25, 0.3) is 5.91 Å². The molecule has 0 unspecified atom stereocenters. The maximum atomic E-state index is 12.2. The Bertz CT molecular complexity index is 677. The number of rotatable bonds is 7. The SMILES string of the molecule is CCOC(=O)Nc1cccc(C(=O)NCCSc2ccccc2)c1. The van der Waals surface area contributed by atoms with Crippen molar-refractivity contribution in [2.45, 2.75) is 11.8 Å². The van der Waals surface area contributed by atoms with E-state index in [1.807, 2.05) is 30.3 Å². The van der Waals surface area contributed by atoms with Gasteiger partial charge in [0.15, 0.2) is 0 Å². The predicted octanol–water partition coefficient (Wildman–Crippen LogP) is 3.78. The van der Waals surface area contributed by atoms with Crippen molar-refractivity contribution in [1.82, 2.24) is 5.32 Å². The molecule has 2 N–H and O–H groups in total. The Kier molecular flexibility index (Phi) is 7.17. The zero-order valence-corrected chi connectivity index (χ0v) is 14.3. The lowest BCUT2D eigenvalue weighted by Crippen LogP contribution is -2.25. The molecule has 0 heterocycles. The van der Waals surface area contributed by atoms with Crippen LogP contribution < -0.4 is 10.6 Å². The van der Waals surface area contributed by atoms with Gasteiger partial charge in [0.2, 0.25) is 0 Å². The minimum atomic E-state index is -0.533. The third-order valence-electron chi connectivity index (χ3n) is 3.05. The third-order valence-corrected chi connectivity index (χ3v) is 4.06. The molecule has 0 aliphatic rings. The number of anilines is 1. The first-order valence-electron chi connectivity index (χ1n) is 7.69. The summed E-state index contributed by atoms with van der Waals surface area (Å²) in [5, 5.41) is 5.45. The summed E-state index contributed by atoms with van der Waals surface area (Å²) in [5.41, 5.74) is 1.02. The van der Waals surface area contributed by atoms with Crippen molar-refractivity contribution in [1.29, 1.82) is 0 Å². The Morgan fingerprint density at radius 3 is 2.62 bits per heavy atom. The molecular weight excluding hydrogens is 324 g/mol. The van der Waals surface area contributed by atoms with Gasteiger partial charge in [0.1, 0.15) is 0 Å². The summed E-state index contributed by atoms with van der Waals surface area (Å²) in [4.78, 5) is 24.7. The summed E-state index contributed by atoms with van der Waals surface area (Å²) in [6, 6.07) is 16.8. The highest BCUT2D eigenvalue weighted by molar-refractivity contribution is 7.99. The molecule has 5 nitrogen and oxygen atoms in total. The van der Waals surface area contributed by atoms with Gasteiger partial charge in [-0.05, 0) is 37.3 Å². The van der Waals surface area contributed by atoms with E-state index in [1.165, 1.54) is 4.90 Å². The molecule has 0 aliphatic carbocycles. The van der Waals surface area contributed by atoms with E-state index in [-0.39, 0.29) is 5.91 Å². The number of carbonyl (C=O) groups excluding carboxylic acids is 2. The Hall–Kier alpha value is -2.47. The van der Waals surface area contributed by atoms with E-state index in [0.717, 1.165) is 5.75 Å². The fraction of sp³-hybridized carbons (Fsp3) is 0.222. The monoisotopic (exact) mass is 344 g/mol. The molecule has 126 valence electrons. The molecule has 6 heteroatoms. The third kappa shape index (κ3) is 5.96. The molecule has 0 atom stereocenters. The molecular formula is C18H20N2O3S. The average Bonchev–Trinajstić information content (AvgIpc) is 2.60. The second kappa shape index (κ2) is 9.62. The molecule has 0 aliphatic heterocycles. The zero-order chi connectivity index (χ0) is 17.2. The van der Waals surface area contributed by atoms with Crippen molar-refractivity contribution in [2.75, 3.05) is 24.2 Å². The number of hydrogen-bond acceptors (Lipinski definition) is 4. The van der Waals surface area contributed by atoms with Gasteiger partial charge in [-0.25, -0.2) is 4.79 Å². The van der Waals surface area contributed by atoms with Gasteiger partial charge in [-0.2, -0.15) is 0 Å². The van der Waals surface area contributed by atoms with Gasteiger partial charge in [-0.1, -0.05) is 24.3 Å². The minimum absolute atomic E-state index is 0.170. The van der Waals surface area contributed by atoms with Gasteiger partial charge < -0.3 is 10.1 Å². The van der Waals surface area contributed by atoms with Gasteiger partial charge in [-0.15, -0.1) is 11.8 Å². The first-order valence-corrected chi connectivity index (χ1v) is 8.67. The van der Waals surface area contributed by atoms with Crippen molar-refractivity contribution in [3.8, 4) is 0 Å². The summed E-state index contributed by atoms with van der Waals surface area (Å²) in [6.07, 6.45) is -0.533. The van der Waals surface area contributed by atoms with Crippen LogP contribution in [0.2, 0.25) is 0 Å². The topological polar surface area (TPSA) is 67.4 Å². The molecule has 2 aromatic carbocycles. The van der Waals surface area contributed by atoms with Crippen LogP contribution in [0, 0.1) is 0 Å². The van der Waals surface area contributed by atoms with E-state index >= 15 is 0 Å². The maximum absolute atomic E-state index is 12.2. The van der Waals surface area contributed by atoms with E-state index < -0.39 is 6.09 Å². The molecule has 0 aromatic heterocycles. The van der Waals surface area contributed by atoms with Crippen LogP contribution in [0.3, 0.4) is 0 Å². The van der Waals surface area contributed by atoms with Gasteiger partial charge in [-0.3, -0.25) is 10.1 Å². The quantitative estimate of drug-likeness (QED) is 0.592. The molecule has 2 aromatic rings. The highest BCUT2D eigenvalue weighted by atomic mass is 32.2. The van der Waals surface area contributed by atoms with Crippen LogP contribution in [0.25, 0.3) is 0 Å². The second-order valence-electron chi connectivity index (χ2n) is 4.84. The van der Waals surface area contributed by atoms with Crippen molar-refractivity contribution in [3.05, 3.63) is 60.2 Å². The predicted molar refractivity (Wildman–Crippen MR) is 96.6 cm³/mol. The number of thioether (sulfide) groups is 1. The Morgan fingerprint density at radius 1 is 1.08 bits per heavy atom. The molecule has 2 rings (SSSR count). The van der Waals surface area contributed by atoms with Crippen molar-refractivity contribution < 1.29 is 14.3 Å². The Labute approximate surface area is 145 Å². The van der Waals surface area contributed by atoms with Gasteiger partial charge in [0.05, 0.1) is 6.61 Å². The van der Waals surface area contributed by atoms with Crippen molar-refractivity contribution in [3.63, 3.8) is 0 Å². The van der Waals surface area contributed by atoms with E-state index in [2.05, 4.69) is 10.6 Å². The number of benzene rings is 2. The first-order chi connectivity index (χ1) is 11.7. The van der Waals surface area contributed by atoms with Crippen LogP contribution in [0.15, 0.2) is 59.5 Å². The molecule has 2 amide bonds. The molecule has 0 spiro atoms. The summed E-state index contributed by atoms with van der Waals surface area (Å²) in [5.74, 6) is 0.618. The fourth-order valence-corrected chi connectivity index (χ4v) is 2.76. The normalized spacial score (nSPS) is 10.0. The van der Waals surface area contributed by atoms with Gasteiger partial charge in [0, 0.05) is 28.4 Å². The highest BCUT2D eigenvalue weighted by Crippen LogP contribution is 2.16. The highest BCUT2D eigenvalue weighted by Gasteiger charge is 2.07. The number of ether oxygens (including phenoxy) is 1. The zero-order valence-electron chi connectivity index (χ0n) is 13.5. The van der Waals surface area contributed by atoms with Crippen LogP contribution >= 0.6 is 11.8 Å². The van der Waals surface area contributed by atoms with Crippen LogP contribution in [0.4, 0.5) is 10.5 Å². The smallest absolute Gasteiger partial charge is 0.411 e. The Balaban J connectivity index is 1.80. The Morgan fingerprint density at radius 2 is 1.88 bits per heavy atom. The van der Waals surface area contributed by atoms with Gasteiger partial charge >= 0.3 is 6.09 Å². The summed E-state index contributed by atoms with van der Waals surface area (Å²) in [7, 11) is 0. The van der Waals surface area contributed by atoms with E-state index in [0.29, 0.717) is 24.4 Å². The van der Waals surface area contributed by atoms with Crippen molar-refractivity contribution in [2.24, 2.45) is 0 Å². The largest absolute Gasteiger partial charge is 0.450 e. The molecule has 0 fully saturated rings. The van der Waals surface area contributed by atoms with Crippen LogP contribution in [-0.4, -0.2) is 30.9 Å². The fourth-order valence-electron chi connectivity index (χ4n) is 1.98. The molecule has 0 radical (unpaired) electrons. The number of carbonyl (C=O) groups is 2. The van der Waals surface area contributed by atoms with Crippen molar-refractivity contribution >= 4 is 29.4 Å². The molecule has 0 saturated carbocycles. The molecule has 24 heavy (non-hydrogen) atoms. The van der Waals surface area contributed by atoms with E-state index in [1.54, 1.807) is 43.0 Å². The number of hydrogen-bond donors (Lipinski definition) is 2. The maximum Gasteiger partial charge on any atom is 0.411 e. The minimum Gasteiger partial charge on any atom is -0.450 e. The second-order valence-corrected chi connectivity index (χ2v) is 6.01. The summed E-state index contributed by atoms with van der Waals surface area (Å²) in [6.45, 7) is 2.59. The van der Waals surface area contributed by atoms with Crippen LogP contribution in [0.5, 0.6) is 0 Å². The van der Waals surface area contributed by atoms with Crippen LogP contribution in [-0.2, 0) is 4.74 Å². The number of nitrogens with one attached hydrogen (secondary N) is 2.